The number of piperidine rings is 2. The van der Waals surface area contributed by atoms with E-state index in [9.17, 15) is 14.4 Å². The van der Waals surface area contributed by atoms with Gasteiger partial charge in [0.25, 0.3) is 0 Å². The zero-order chi connectivity index (χ0) is 19.3. The van der Waals surface area contributed by atoms with Crippen molar-refractivity contribution in [3.63, 3.8) is 0 Å². The summed E-state index contributed by atoms with van der Waals surface area (Å²) >= 11 is 0. The van der Waals surface area contributed by atoms with E-state index in [2.05, 4.69) is 5.32 Å². The number of amides is 3. The predicted molar refractivity (Wildman–Crippen MR) is 98.5 cm³/mol. The van der Waals surface area contributed by atoms with E-state index in [4.69, 9.17) is 4.74 Å². The monoisotopic (exact) mass is 367 g/mol. The highest BCUT2D eigenvalue weighted by molar-refractivity contribution is 5.80. The van der Waals surface area contributed by atoms with E-state index in [0.29, 0.717) is 38.5 Å². The van der Waals surface area contributed by atoms with Gasteiger partial charge in [0.2, 0.25) is 11.8 Å². The van der Waals surface area contributed by atoms with Crippen LogP contribution in [0.4, 0.5) is 4.79 Å². The minimum Gasteiger partial charge on any atom is -0.444 e. The van der Waals surface area contributed by atoms with Crippen LogP contribution in [0.2, 0.25) is 0 Å². The highest BCUT2D eigenvalue weighted by Gasteiger charge is 2.31. The molecule has 0 aliphatic carbocycles. The lowest BCUT2D eigenvalue weighted by Crippen LogP contribution is -2.44. The Morgan fingerprint density at radius 3 is 2.00 bits per heavy atom. The van der Waals surface area contributed by atoms with Gasteiger partial charge in [0, 0.05) is 45.6 Å². The van der Waals surface area contributed by atoms with Gasteiger partial charge in [0.15, 0.2) is 0 Å². The van der Waals surface area contributed by atoms with Crippen LogP contribution in [-0.4, -0.2) is 66.5 Å². The third kappa shape index (κ3) is 5.88. The molecule has 0 aromatic carbocycles. The van der Waals surface area contributed by atoms with Crippen molar-refractivity contribution in [1.82, 2.24) is 15.1 Å². The van der Waals surface area contributed by atoms with Crippen molar-refractivity contribution in [3.8, 4) is 0 Å². The number of hydrogen-bond acceptors (Lipinski definition) is 4. The molecule has 0 aromatic heterocycles. The zero-order valence-electron chi connectivity index (χ0n) is 16.5. The van der Waals surface area contributed by atoms with Gasteiger partial charge in [0.1, 0.15) is 5.60 Å². The predicted octanol–water partition coefficient (Wildman–Crippen LogP) is 2.01. The molecule has 2 aliphatic rings. The second kappa shape index (κ2) is 8.73. The van der Waals surface area contributed by atoms with Gasteiger partial charge in [-0.3, -0.25) is 9.59 Å². The molecule has 7 nitrogen and oxygen atoms in total. The minimum atomic E-state index is -0.481. The molecule has 0 bridgehead atoms. The standard InChI is InChI=1S/C19H33N3O4/c1-19(2,3)26-18(25)22-9-5-14(6-10-22)13-16(23)21-11-7-15(8-12-21)17(24)20-4/h14-15H,5-13H2,1-4H3,(H,20,24). The summed E-state index contributed by atoms with van der Waals surface area (Å²) in [5.41, 5.74) is -0.481. The normalized spacial score (nSPS) is 20.0. The first-order valence-corrected chi connectivity index (χ1v) is 9.67. The first-order chi connectivity index (χ1) is 12.2. The molecule has 7 heteroatoms. The average Bonchev–Trinajstić information content (AvgIpc) is 2.60. The molecule has 0 aromatic rings. The van der Waals surface area contributed by atoms with Crippen LogP contribution in [0.3, 0.4) is 0 Å². The maximum atomic E-state index is 12.5. The summed E-state index contributed by atoms with van der Waals surface area (Å²) in [6.07, 6.45) is 3.41. The number of carbonyl (C=O) groups excluding carboxylic acids is 3. The molecule has 0 unspecified atom stereocenters. The van der Waals surface area contributed by atoms with Gasteiger partial charge in [0.05, 0.1) is 0 Å². The van der Waals surface area contributed by atoms with E-state index in [-0.39, 0.29) is 23.8 Å². The summed E-state index contributed by atoms with van der Waals surface area (Å²) in [6, 6.07) is 0. The van der Waals surface area contributed by atoms with E-state index >= 15 is 0 Å². The number of hydrogen-bond donors (Lipinski definition) is 1. The van der Waals surface area contributed by atoms with Crippen molar-refractivity contribution in [2.24, 2.45) is 11.8 Å². The first-order valence-electron chi connectivity index (χ1n) is 9.67. The van der Waals surface area contributed by atoms with E-state index < -0.39 is 5.60 Å². The van der Waals surface area contributed by atoms with Crippen LogP contribution in [0, 0.1) is 11.8 Å². The van der Waals surface area contributed by atoms with Crippen LogP contribution in [0.15, 0.2) is 0 Å². The van der Waals surface area contributed by atoms with Gasteiger partial charge in [-0.2, -0.15) is 0 Å². The van der Waals surface area contributed by atoms with Gasteiger partial charge in [-0.05, 0) is 52.4 Å². The van der Waals surface area contributed by atoms with E-state index in [0.717, 1.165) is 25.7 Å². The van der Waals surface area contributed by atoms with Crippen molar-refractivity contribution in [1.29, 1.82) is 0 Å². The molecule has 2 heterocycles. The summed E-state index contributed by atoms with van der Waals surface area (Å²) in [5.74, 6) is 0.599. The zero-order valence-corrected chi connectivity index (χ0v) is 16.5. The molecule has 0 saturated carbocycles. The van der Waals surface area contributed by atoms with Crippen molar-refractivity contribution in [2.75, 3.05) is 33.2 Å². The Kier molecular flexibility index (Phi) is 6.89. The Bertz CT molecular complexity index is 513. The molecular weight excluding hydrogens is 334 g/mol. The van der Waals surface area contributed by atoms with Gasteiger partial charge >= 0.3 is 6.09 Å². The molecule has 26 heavy (non-hydrogen) atoms. The number of ether oxygens (including phenoxy) is 1. The second-order valence-electron chi connectivity index (χ2n) is 8.38. The summed E-state index contributed by atoms with van der Waals surface area (Å²) in [5, 5.41) is 2.69. The summed E-state index contributed by atoms with van der Waals surface area (Å²) < 4.78 is 5.41. The highest BCUT2D eigenvalue weighted by Crippen LogP contribution is 2.25. The fraction of sp³-hybridized carbons (Fsp3) is 0.842. The van der Waals surface area contributed by atoms with Gasteiger partial charge in [-0.1, -0.05) is 0 Å². The lowest BCUT2D eigenvalue weighted by molar-refractivity contribution is -0.136. The number of likely N-dealkylation sites (tertiary alicyclic amines) is 2. The summed E-state index contributed by atoms with van der Waals surface area (Å²) in [7, 11) is 1.66. The number of carbonyl (C=O) groups is 3. The fourth-order valence-electron chi connectivity index (χ4n) is 3.62. The molecular formula is C19H33N3O4. The van der Waals surface area contributed by atoms with Crippen molar-refractivity contribution >= 4 is 17.9 Å². The quantitative estimate of drug-likeness (QED) is 0.828. The smallest absolute Gasteiger partial charge is 0.410 e. The Morgan fingerprint density at radius 1 is 0.962 bits per heavy atom. The van der Waals surface area contributed by atoms with Crippen LogP contribution in [0.25, 0.3) is 0 Å². The van der Waals surface area contributed by atoms with E-state index in [1.54, 1.807) is 11.9 Å². The molecule has 148 valence electrons. The summed E-state index contributed by atoms with van der Waals surface area (Å²) in [4.78, 5) is 39.9. The molecule has 2 aliphatic heterocycles. The maximum Gasteiger partial charge on any atom is 0.410 e. The van der Waals surface area contributed by atoms with Crippen LogP contribution in [0.1, 0.15) is 52.9 Å². The van der Waals surface area contributed by atoms with Crippen molar-refractivity contribution in [3.05, 3.63) is 0 Å². The largest absolute Gasteiger partial charge is 0.444 e. The number of nitrogens with zero attached hydrogens (tertiary/aromatic N) is 2. The minimum absolute atomic E-state index is 0.0288. The molecule has 2 saturated heterocycles. The molecule has 1 N–H and O–H groups in total. The Labute approximate surface area is 156 Å². The van der Waals surface area contributed by atoms with Crippen LogP contribution >= 0.6 is 0 Å². The van der Waals surface area contributed by atoms with Crippen LogP contribution < -0.4 is 5.32 Å². The SMILES string of the molecule is CNC(=O)C1CCN(C(=O)CC2CCN(C(=O)OC(C)(C)C)CC2)CC1. The van der Waals surface area contributed by atoms with Crippen LogP contribution in [-0.2, 0) is 14.3 Å². The fourth-order valence-corrected chi connectivity index (χ4v) is 3.62. The molecule has 2 rings (SSSR count). The molecule has 0 spiro atoms. The van der Waals surface area contributed by atoms with Gasteiger partial charge < -0.3 is 19.9 Å². The molecule has 0 radical (unpaired) electrons. The van der Waals surface area contributed by atoms with Crippen molar-refractivity contribution in [2.45, 2.75) is 58.5 Å². The van der Waals surface area contributed by atoms with Gasteiger partial charge in [-0.25, -0.2) is 4.79 Å². The third-order valence-corrected chi connectivity index (χ3v) is 5.19. The topological polar surface area (TPSA) is 79.0 Å². The Hall–Kier alpha value is -1.79. The van der Waals surface area contributed by atoms with Crippen LogP contribution in [0.5, 0.6) is 0 Å². The Morgan fingerprint density at radius 2 is 1.50 bits per heavy atom. The van der Waals surface area contributed by atoms with Gasteiger partial charge in [-0.15, -0.1) is 0 Å². The number of rotatable bonds is 3. The molecule has 3 amide bonds. The lowest BCUT2D eigenvalue weighted by Gasteiger charge is -2.35. The third-order valence-electron chi connectivity index (χ3n) is 5.19. The molecule has 0 atom stereocenters. The second-order valence-corrected chi connectivity index (χ2v) is 8.38. The maximum absolute atomic E-state index is 12.5. The number of nitrogens with one attached hydrogen (secondary N) is 1. The Balaban J connectivity index is 1.72. The van der Waals surface area contributed by atoms with Crippen molar-refractivity contribution < 1.29 is 19.1 Å². The highest BCUT2D eigenvalue weighted by atomic mass is 16.6. The molecule has 2 fully saturated rings. The average molecular weight is 367 g/mol. The lowest BCUT2D eigenvalue weighted by atomic mass is 9.91. The first kappa shape index (κ1) is 20.5. The van der Waals surface area contributed by atoms with E-state index in [1.165, 1.54) is 0 Å². The van der Waals surface area contributed by atoms with E-state index in [1.807, 2.05) is 25.7 Å². The summed E-state index contributed by atoms with van der Waals surface area (Å²) in [6.45, 7) is 8.20.